The van der Waals surface area contributed by atoms with E-state index < -0.39 is 27.8 Å². The van der Waals surface area contributed by atoms with E-state index in [-0.39, 0.29) is 16.1 Å². The van der Waals surface area contributed by atoms with Gasteiger partial charge in [-0.1, -0.05) is 72.8 Å². The van der Waals surface area contributed by atoms with Crippen molar-refractivity contribution in [2.75, 3.05) is 4.72 Å². The molecule has 0 heterocycles. The van der Waals surface area contributed by atoms with Gasteiger partial charge < -0.3 is 5.32 Å². The van der Waals surface area contributed by atoms with E-state index in [1.54, 1.807) is 18.2 Å². The Morgan fingerprint density at radius 2 is 1.21 bits per heavy atom. The molecule has 7 heteroatoms. The molecule has 0 saturated heterocycles. The smallest absolute Gasteiger partial charge is 0.261 e. The molecule has 0 aliphatic carbocycles. The average Bonchev–Trinajstić information content (AvgIpc) is 2.84. The third-order valence-electron chi connectivity index (χ3n) is 5.08. The summed E-state index contributed by atoms with van der Waals surface area (Å²) in [5.41, 5.74) is 2.07. The van der Waals surface area contributed by atoms with Crippen LogP contribution in [0.5, 0.6) is 0 Å². The third kappa shape index (κ3) is 5.27. The van der Waals surface area contributed by atoms with E-state index in [9.17, 15) is 17.6 Å². The standard InChI is InChI=1S/C26H21FN2O3S/c27-21-15-17-22(18-16-21)33(31,32)29-24-14-8-7-13-23(24)26(30)28-25(19-9-3-1-4-10-19)20-11-5-2-6-12-20/h1-18,25,29H,(H,28,30). The van der Waals surface area contributed by atoms with E-state index in [1.165, 1.54) is 18.2 Å². The van der Waals surface area contributed by atoms with Gasteiger partial charge in [0.15, 0.2) is 0 Å². The van der Waals surface area contributed by atoms with Crippen LogP contribution in [0.3, 0.4) is 0 Å². The molecule has 2 N–H and O–H groups in total. The lowest BCUT2D eigenvalue weighted by Gasteiger charge is -2.21. The molecule has 0 atom stereocenters. The van der Waals surface area contributed by atoms with Crippen molar-refractivity contribution in [3.8, 4) is 0 Å². The molecule has 33 heavy (non-hydrogen) atoms. The van der Waals surface area contributed by atoms with Gasteiger partial charge in [-0.15, -0.1) is 0 Å². The molecule has 0 radical (unpaired) electrons. The molecule has 0 unspecified atom stereocenters. The highest BCUT2D eigenvalue weighted by molar-refractivity contribution is 7.92. The summed E-state index contributed by atoms with van der Waals surface area (Å²) < 4.78 is 41.2. The largest absolute Gasteiger partial charge is 0.341 e. The van der Waals surface area contributed by atoms with Crippen LogP contribution in [0, 0.1) is 5.82 Å². The molecule has 0 aliphatic rings. The normalized spacial score (nSPS) is 11.2. The Balaban J connectivity index is 1.64. The molecule has 5 nitrogen and oxygen atoms in total. The van der Waals surface area contributed by atoms with Crippen LogP contribution in [0.4, 0.5) is 10.1 Å². The van der Waals surface area contributed by atoms with Gasteiger partial charge in [0.25, 0.3) is 15.9 Å². The van der Waals surface area contributed by atoms with Gasteiger partial charge in [-0.3, -0.25) is 9.52 Å². The van der Waals surface area contributed by atoms with Gasteiger partial charge in [0.2, 0.25) is 0 Å². The second-order valence-electron chi connectivity index (χ2n) is 7.33. The number of carbonyl (C=O) groups is 1. The SMILES string of the molecule is O=C(NC(c1ccccc1)c1ccccc1)c1ccccc1NS(=O)(=O)c1ccc(F)cc1. The van der Waals surface area contributed by atoms with Crippen LogP contribution < -0.4 is 10.0 Å². The minimum absolute atomic E-state index is 0.106. The van der Waals surface area contributed by atoms with E-state index >= 15 is 0 Å². The number of halogens is 1. The zero-order valence-electron chi connectivity index (χ0n) is 17.5. The first-order valence-corrected chi connectivity index (χ1v) is 11.7. The highest BCUT2D eigenvalue weighted by Gasteiger charge is 2.22. The summed E-state index contributed by atoms with van der Waals surface area (Å²) in [6.45, 7) is 0. The highest BCUT2D eigenvalue weighted by Crippen LogP contribution is 2.25. The van der Waals surface area contributed by atoms with Crippen molar-refractivity contribution >= 4 is 21.6 Å². The molecule has 166 valence electrons. The zero-order valence-corrected chi connectivity index (χ0v) is 18.3. The van der Waals surface area contributed by atoms with Crippen LogP contribution in [0.1, 0.15) is 27.5 Å². The molecule has 0 aliphatic heterocycles. The summed E-state index contributed by atoms with van der Waals surface area (Å²) in [6, 6.07) is 29.4. The van der Waals surface area contributed by atoms with Crippen LogP contribution in [0.2, 0.25) is 0 Å². The molecule has 0 fully saturated rings. The van der Waals surface area contributed by atoms with E-state index in [0.29, 0.717) is 0 Å². The summed E-state index contributed by atoms with van der Waals surface area (Å²) >= 11 is 0. The zero-order chi connectivity index (χ0) is 23.3. The molecule has 0 spiro atoms. The second-order valence-corrected chi connectivity index (χ2v) is 9.02. The highest BCUT2D eigenvalue weighted by atomic mass is 32.2. The van der Waals surface area contributed by atoms with Crippen molar-refractivity contribution in [2.45, 2.75) is 10.9 Å². The van der Waals surface area contributed by atoms with Gasteiger partial charge >= 0.3 is 0 Å². The second kappa shape index (κ2) is 9.67. The fraction of sp³-hybridized carbons (Fsp3) is 0.0385. The number of para-hydroxylation sites is 1. The van der Waals surface area contributed by atoms with E-state index in [1.807, 2.05) is 60.7 Å². The maximum Gasteiger partial charge on any atom is 0.261 e. The number of hydrogen-bond donors (Lipinski definition) is 2. The maximum absolute atomic E-state index is 13.3. The Labute approximate surface area is 192 Å². The molecule has 1 amide bonds. The minimum atomic E-state index is -4.02. The topological polar surface area (TPSA) is 75.3 Å². The van der Waals surface area contributed by atoms with Crippen LogP contribution in [-0.4, -0.2) is 14.3 Å². The Morgan fingerprint density at radius 1 is 0.697 bits per heavy atom. The van der Waals surface area contributed by atoms with Crippen molar-refractivity contribution < 1.29 is 17.6 Å². The molecular formula is C26H21FN2O3S. The predicted molar refractivity (Wildman–Crippen MR) is 126 cm³/mol. The molecule has 0 aromatic heterocycles. The first kappa shape index (κ1) is 22.2. The Kier molecular flexibility index (Phi) is 6.51. The number of amides is 1. The average molecular weight is 461 g/mol. The van der Waals surface area contributed by atoms with E-state index in [0.717, 1.165) is 23.3 Å². The summed E-state index contributed by atoms with van der Waals surface area (Å²) in [5, 5.41) is 3.02. The van der Waals surface area contributed by atoms with Crippen molar-refractivity contribution in [3.63, 3.8) is 0 Å². The van der Waals surface area contributed by atoms with Crippen LogP contribution >= 0.6 is 0 Å². The number of carbonyl (C=O) groups excluding carboxylic acids is 1. The van der Waals surface area contributed by atoms with Crippen LogP contribution in [-0.2, 0) is 10.0 Å². The van der Waals surface area contributed by atoms with Crippen LogP contribution in [0.15, 0.2) is 114 Å². The first-order chi connectivity index (χ1) is 15.9. The Hall–Kier alpha value is -3.97. The van der Waals surface area contributed by atoms with Gasteiger partial charge in [0, 0.05) is 0 Å². The summed E-state index contributed by atoms with van der Waals surface area (Å²) in [4.78, 5) is 13.2. The Morgan fingerprint density at radius 3 is 1.79 bits per heavy atom. The van der Waals surface area contributed by atoms with Gasteiger partial charge in [-0.25, -0.2) is 12.8 Å². The quantitative estimate of drug-likeness (QED) is 0.401. The molecule has 4 aromatic rings. The molecule has 0 bridgehead atoms. The minimum Gasteiger partial charge on any atom is -0.341 e. The third-order valence-corrected chi connectivity index (χ3v) is 6.46. The monoisotopic (exact) mass is 460 g/mol. The van der Waals surface area contributed by atoms with E-state index in [2.05, 4.69) is 10.0 Å². The van der Waals surface area contributed by atoms with Gasteiger partial charge in [0.05, 0.1) is 22.2 Å². The van der Waals surface area contributed by atoms with Crippen molar-refractivity contribution in [1.29, 1.82) is 0 Å². The number of anilines is 1. The van der Waals surface area contributed by atoms with Gasteiger partial charge in [-0.05, 0) is 47.5 Å². The number of benzene rings is 4. The first-order valence-electron chi connectivity index (χ1n) is 10.2. The fourth-order valence-corrected chi connectivity index (χ4v) is 4.53. The predicted octanol–water partition coefficient (Wildman–Crippen LogP) is 5.15. The Bertz CT molecular complexity index is 1300. The lowest BCUT2D eigenvalue weighted by molar-refractivity contribution is 0.0944. The van der Waals surface area contributed by atoms with Crippen LogP contribution in [0.25, 0.3) is 0 Å². The number of nitrogens with one attached hydrogen (secondary N) is 2. The van der Waals surface area contributed by atoms with Crippen molar-refractivity contribution in [1.82, 2.24) is 5.32 Å². The van der Waals surface area contributed by atoms with Crippen molar-refractivity contribution in [2.24, 2.45) is 0 Å². The maximum atomic E-state index is 13.3. The van der Waals surface area contributed by atoms with Gasteiger partial charge in [-0.2, -0.15) is 0 Å². The fourth-order valence-electron chi connectivity index (χ4n) is 3.45. The lowest BCUT2D eigenvalue weighted by Crippen LogP contribution is -2.30. The number of rotatable bonds is 7. The molecule has 4 aromatic carbocycles. The summed E-state index contributed by atoms with van der Waals surface area (Å²) in [6.07, 6.45) is 0. The number of hydrogen-bond acceptors (Lipinski definition) is 3. The number of sulfonamides is 1. The summed E-state index contributed by atoms with van der Waals surface area (Å²) in [7, 11) is -4.02. The van der Waals surface area contributed by atoms with Gasteiger partial charge in [0.1, 0.15) is 5.82 Å². The molecule has 4 rings (SSSR count). The molecular weight excluding hydrogens is 439 g/mol. The lowest BCUT2D eigenvalue weighted by atomic mass is 9.98. The molecule has 0 saturated carbocycles. The van der Waals surface area contributed by atoms with E-state index in [4.69, 9.17) is 0 Å². The van der Waals surface area contributed by atoms with Crippen molar-refractivity contribution in [3.05, 3.63) is 132 Å². The summed E-state index contributed by atoms with van der Waals surface area (Å²) in [5.74, 6) is -0.980.